The van der Waals surface area contributed by atoms with Crippen LogP contribution in [0.15, 0.2) is 41.0 Å². The largest absolute Gasteiger partial charge is 0.393 e. The molecular weight excluding hydrogens is 430 g/mol. The molecule has 0 heterocycles. The molecule has 0 radical (unpaired) electrons. The Morgan fingerprint density at radius 3 is 2.61 bits per heavy atom. The Hall–Kier alpha value is -2.02. The molecule has 0 aliphatic heterocycles. The first-order chi connectivity index (χ1) is 15.7. The van der Waals surface area contributed by atoms with Crippen LogP contribution in [0.1, 0.15) is 70.3 Å². The number of terminal acetylenes is 1. The molecule has 0 bridgehead atoms. The lowest BCUT2D eigenvalue weighted by molar-refractivity contribution is -0.114. The second-order valence-corrected chi connectivity index (χ2v) is 11.0. The summed E-state index contributed by atoms with van der Waals surface area (Å²) >= 11 is 6.49. The number of hydrogen-bond donors (Lipinski definition) is 1. The Bertz CT molecular complexity index is 1050. The van der Waals surface area contributed by atoms with Crippen molar-refractivity contribution in [2.24, 2.45) is 17.3 Å². The topological polar surface area (TPSA) is 40.5 Å². The third-order valence-corrected chi connectivity index (χ3v) is 8.86. The van der Waals surface area contributed by atoms with E-state index < -0.39 is 0 Å². The second-order valence-electron chi connectivity index (χ2n) is 10.6. The van der Waals surface area contributed by atoms with Gasteiger partial charge in [-0.15, -0.1) is 12.3 Å². The van der Waals surface area contributed by atoms with Crippen molar-refractivity contribution in [3.63, 3.8) is 0 Å². The Morgan fingerprint density at radius 1 is 1.18 bits per heavy atom. The van der Waals surface area contributed by atoms with Crippen LogP contribution >= 0.6 is 11.6 Å². The van der Waals surface area contributed by atoms with Crippen LogP contribution in [0.5, 0.6) is 0 Å². The van der Waals surface area contributed by atoms with Gasteiger partial charge in [-0.1, -0.05) is 30.2 Å². The van der Waals surface area contributed by atoms with Crippen LogP contribution in [0, 0.1) is 29.6 Å². The monoisotopic (exact) mass is 465 g/mol. The number of anilines is 1. The number of rotatable bonds is 2. The van der Waals surface area contributed by atoms with Gasteiger partial charge in [0.1, 0.15) is 0 Å². The fourth-order valence-electron chi connectivity index (χ4n) is 7.02. The first-order valence-corrected chi connectivity index (χ1v) is 12.6. The third kappa shape index (κ3) is 4.17. The van der Waals surface area contributed by atoms with Crippen LogP contribution in [0.2, 0.25) is 5.02 Å². The van der Waals surface area contributed by atoms with E-state index in [1.165, 1.54) is 16.7 Å². The lowest BCUT2D eigenvalue weighted by atomic mass is 9.53. The molecule has 176 valence electrons. The van der Waals surface area contributed by atoms with Crippen molar-refractivity contribution in [1.29, 1.82) is 0 Å². The van der Waals surface area contributed by atoms with E-state index in [2.05, 4.69) is 36.3 Å². The summed E-state index contributed by atoms with van der Waals surface area (Å²) in [6, 6.07) is 6.45. The molecule has 4 aliphatic carbocycles. The van der Waals surface area contributed by atoms with E-state index in [-0.39, 0.29) is 23.2 Å². The van der Waals surface area contributed by atoms with Crippen molar-refractivity contribution >= 4 is 23.1 Å². The molecule has 0 spiro atoms. The molecule has 0 amide bonds. The molecule has 5 rings (SSSR count). The Balaban J connectivity index is 0.000000821. The fourth-order valence-corrected chi connectivity index (χ4v) is 7.31. The van der Waals surface area contributed by atoms with Crippen molar-refractivity contribution in [3.8, 4) is 12.3 Å². The predicted octanol–water partition coefficient (Wildman–Crippen LogP) is 6.31. The summed E-state index contributed by atoms with van der Waals surface area (Å²) in [6.45, 7) is 3.97. The van der Waals surface area contributed by atoms with Gasteiger partial charge in [-0.05, 0) is 97.6 Å². The molecular formula is C29H36ClNO2. The minimum Gasteiger partial charge on any atom is -0.393 e. The molecule has 4 heteroatoms. The standard InChI is InChI=1S/C26H32ClNO2.C3H4/c1-26-14-20(16-5-10-22(27)23(13-16)28(2)3)25-18-8-6-17(29)12-15(18)4-7-19(25)21(26)9-11-24(26)30;1-3-2/h5,10,12-13,19-21,24,30H,4,6-9,11,14H2,1-3H3;1H,2H3. The van der Waals surface area contributed by atoms with Gasteiger partial charge in [-0.25, -0.2) is 0 Å². The van der Waals surface area contributed by atoms with E-state index in [1.54, 1.807) is 12.5 Å². The van der Waals surface area contributed by atoms with Gasteiger partial charge in [0.05, 0.1) is 16.8 Å². The summed E-state index contributed by atoms with van der Waals surface area (Å²) in [4.78, 5) is 14.2. The molecule has 1 N–H and O–H groups in total. The summed E-state index contributed by atoms with van der Waals surface area (Å²) in [5, 5.41) is 11.8. The van der Waals surface area contributed by atoms with Gasteiger partial charge in [0.25, 0.3) is 0 Å². The molecule has 0 saturated heterocycles. The SMILES string of the molecule is C#CC.CN(C)c1cc(C2CC3(C)C(O)CCC3C3CCC4=CC(=O)CCC4=C23)ccc1Cl. The number of halogens is 1. The lowest BCUT2D eigenvalue weighted by Crippen LogP contribution is -2.45. The third-order valence-electron chi connectivity index (χ3n) is 8.54. The van der Waals surface area contributed by atoms with Crippen LogP contribution < -0.4 is 4.90 Å². The zero-order valence-electron chi connectivity index (χ0n) is 20.3. The number of allylic oxidation sites excluding steroid dienone is 4. The highest BCUT2D eigenvalue weighted by Crippen LogP contribution is 2.64. The molecule has 3 nitrogen and oxygen atoms in total. The highest BCUT2D eigenvalue weighted by Gasteiger charge is 2.56. The summed E-state index contributed by atoms with van der Waals surface area (Å²) in [7, 11) is 4.06. The van der Waals surface area contributed by atoms with Crippen LogP contribution in [0.25, 0.3) is 0 Å². The van der Waals surface area contributed by atoms with E-state index in [1.807, 2.05) is 26.2 Å². The number of benzene rings is 1. The van der Waals surface area contributed by atoms with Crippen LogP contribution in [0.4, 0.5) is 5.69 Å². The quantitative estimate of drug-likeness (QED) is 0.520. The van der Waals surface area contributed by atoms with Gasteiger partial charge in [-0.3, -0.25) is 4.79 Å². The number of aliphatic hydroxyl groups excluding tert-OH is 1. The minimum absolute atomic E-state index is 0.0387. The van der Waals surface area contributed by atoms with Crippen LogP contribution in [0.3, 0.4) is 0 Å². The predicted molar refractivity (Wildman–Crippen MR) is 137 cm³/mol. The van der Waals surface area contributed by atoms with Gasteiger partial charge in [0, 0.05) is 26.4 Å². The molecule has 33 heavy (non-hydrogen) atoms. The summed E-state index contributed by atoms with van der Waals surface area (Å²) < 4.78 is 0. The summed E-state index contributed by atoms with van der Waals surface area (Å²) in [5.74, 6) is 3.88. The summed E-state index contributed by atoms with van der Waals surface area (Å²) in [6.07, 6.45) is 12.9. The molecule has 2 fully saturated rings. The summed E-state index contributed by atoms with van der Waals surface area (Å²) in [5.41, 5.74) is 6.62. The Kier molecular flexibility index (Phi) is 6.81. The lowest BCUT2D eigenvalue weighted by Gasteiger charge is -2.52. The first-order valence-electron chi connectivity index (χ1n) is 12.2. The number of fused-ring (bicyclic) bond motifs is 4. The smallest absolute Gasteiger partial charge is 0.156 e. The zero-order valence-corrected chi connectivity index (χ0v) is 21.1. The van der Waals surface area contributed by atoms with Crippen LogP contribution in [-0.2, 0) is 4.79 Å². The number of ketones is 1. The fraction of sp³-hybridized carbons (Fsp3) is 0.552. The first kappa shape index (κ1) is 24.1. The normalized spacial score (nSPS) is 32.5. The van der Waals surface area contributed by atoms with Crippen molar-refractivity contribution in [1.82, 2.24) is 0 Å². The molecule has 4 aliphatic rings. The van der Waals surface area contributed by atoms with E-state index >= 15 is 0 Å². The van der Waals surface area contributed by atoms with Gasteiger partial charge >= 0.3 is 0 Å². The molecule has 1 aromatic rings. The molecule has 2 saturated carbocycles. The zero-order chi connectivity index (χ0) is 23.9. The number of aliphatic hydroxyl groups is 1. The maximum atomic E-state index is 12.1. The van der Waals surface area contributed by atoms with Crippen molar-refractivity contribution < 1.29 is 9.90 Å². The molecule has 5 atom stereocenters. The van der Waals surface area contributed by atoms with Crippen molar-refractivity contribution in [2.45, 2.75) is 70.8 Å². The number of carbonyl (C=O) groups is 1. The van der Waals surface area contributed by atoms with E-state index in [4.69, 9.17) is 11.6 Å². The maximum absolute atomic E-state index is 12.1. The Labute approximate surface area is 203 Å². The van der Waals surface area contributed by atoms with Gasteiger partial charge in [0.15, 0.2) is 5.78 Å². The number of hydrogen-bond acceptors (Lipinski definition) is 3. The van der Waals surface area contributed by atoms with Crippen molar-refractivity contribution in [3.05, 3.63) is 51.6 Å². The average molecular weight is 466 g/mol. The second kappa shape index (κ2) is 9.32. The maximum Gasteiger partial charge on any atom is 0.156 e. The number of nitrogens with zero attached hydrogens (tertiary/aromatic N) is 1. The van der Waals surface area contributed by atoms with Gasteiger partial charge < -0.3 is 10.0 Å². The highest BCUT2D eigenvalue weighted by molar-refractivity contribution is 6.33. The molecule has 0 aromatic heterocycles. The van der Waals surface area contributed by atoms with E-state index in [0.29, 0.717) is 18.3 Å². The molecule has 5 unspecified atom stereocenters. The van der Waals surface area contributed by atoms with Crippen molar-refractivity contribution in [2.75, 3.05) is 19.0 Å². The average Bonchev–Trinajstić information content (AvgIpc) is 3.08. The van der Waals surface area contributed by atoms with E-state index in [9.17, 15) is 9.90 Å². The number of carbonyl (C=O) groups excluding carboxylic acids is 1. The highest BCUT2D eigenvalue weighted by atomic mass is 35.5. The minimum atomic E-state index is -0.220. The molecule has 1 aromatic carbocycles. The van der Waals surface area contributed by atoms with Gasteiger partial charge in [-0.2, -0.15) is 0 Å². The Morgan fingerprint density at radius 2 is 1.91 bits per heavy atom. The van der Waals surface area contributed by atoms with Gasteiger partial charge in [0.2, 0.25) is 0 Å². The van der Waals surface area contributed by atoms with E-state index in [0.717, 1.165) is 49.2 Å². The van der Waals surface area contributed by atoms with Crippen LogP contribution in [-0.4, -0.2) is 31.1 Å².